The van der Waals surface area contributed by atoms with E-state index in [4.69, 9.17) is 4.74 Å². The highest BCUT2D eigenvalue weighted by Crippen LogP contribution is 2.42. The van der Waals surface area contributed by atoms with Gasteiger partial charge in [0.1, 0.15) is 0 Å². The van der Waals surface area contributed by atoms with E-state index in [9.17, 15) is 0 Å². The van der Waals surface area contributed by atoms with Gasteiger partial charge in [0.25, 0.3) is 0 Å². The number of hydrogen-bond acceptors (Lipinski definition) is 3. The summed E-state index contributed by atoms with van der Waals surface area (Å²) in [5, 5.41) is 3.88. The number of piperazine rings is 1. The molecule has 0 aromatic carbocycles. The molecule has 20 heavy (non-hydrogen) atoms. The number of hydrogen-bond donors (Lipinski definition) is 1. The van der Waals surface area contributed by atoms with Gasteiger partial charge in [-0.15, -0.1) is 0 Å². The molecule has 1 saturated carbocycles. The number of nitrogens with zero attached hydrogens (tertiary/aromatic N) is 1. The molecular weight excluding hydrogens is 248 g/mol. The largest absolute Gasteiger partial charge is 0.383 e. The average molecular weight is 282 g/mol. The summed E-state index contributed by atoms with van der Waals surface area (Å²) in [7, 11) is 1.84. The molecule has 1 heterocycles. The Morgan fingerprint density at radius 3 is 2.55 bits per heavy atom. The lowest BCUT2D eigenvalue weighted by molar-refractivity contribution is -0.0123. The zero-order valence-corrected chi connectivity index (χ0v) is 14.1. The third-order valence-corrected chi connectivity index (χ3v) is 5.35. The Morgan fingerprint density at radius 2 is 2.05 bits per heavy atom. The second-order valence-electron chi connectivity index (χ2n) is 7.45. The maximum absolute atomic E-state index is 5.52. The van der Waals surface area contributed by atoms with E-state index in [0.717, 1.165) is 19.1 Å². The standard InChI is InChI=1S/C17H34N2O/c1-6-7-15(11-20-5)19-12-17(4,14-8-9-14)18-10-16(19)13(2)3/h13-16,18H,6-12H2,1-5H3. The van der Waals surface area contributed by atoms with Crippen molar-refractivity contribution in [3.05, 3.63) is 0 Å². The molecule has 3 atom stereocenters. The molecule has 2 rings (SSSR count). The zero-order valence-electron chi connectivity index (χ0n) is 14.1. The molecule has 0 amide bonds. The summed E-state index contributed by atoms with van der Waals surface area (Å²) in [4.78, 5) is 2.77. The van der Waals surface area contributed by atoms with Gasteiger partial charge >= 0.3 is 0 Å². The molecule has 0 bridgehead atoms. The van der Waals surface area contributed by atoms with Crippen LogP contribution in [0.4, 0.5) is 0 Å². The molecule has 1 N–H and O–H groups in total. The van der Waals surface area contributed by atoms with Crippen LogP contribution in [0.5, 0.6) is 0 Å². The van der Waals surface area contributed by atoms with Gasteiger partial charge in [-0.1, -0.05) is 27.2 Å². The van der Waals surface area contributed by atoms with Crippen molar-refractivity contribution in [2.45, 2.75) is 71.0 Å². The Kier molecular flexibility index (Phi) is 5.49. The highest BCUT2D eigenvalue weighted by molar-refractivity contribution is 5.05. The summed E-state index contributed by atoms with van der Waals surface area (Å²) in [5.41, 5.74) is 0.325. The van der Waals surface area contributed by atoms with E-state index in [1.165, 1.54) is 32.2 Å². The van der Waals surface area contributed by atoms with E-state index in [2.05, 4.69) is 37.9 Å². The highest BCUT2D eigenvalue weighted by atomic mass is 16.5. The van der Waals surface area contributed by atoms with Gasteiger partial charge in [0.05, 0.1) is 6.61 Å². The summed E-state index contributed by atoms with van der Waals surface area (Å²) >= 11 is 0. The van der Waals surface area contributed by atoms with Gasteiger partial charge in [0.2, 0.25) is 0 Å². The Morgan fingerprint density at radius 1 is 1.35 bits per heavy atom. The van der Waals surface area contributed by atoms with Crippen molar-refractivity contribution in [1.82, 2.24) is 10.2 Å². The first-order valence-corrected chi connectivity index (χ1v) is 8.51. The lowest BCUT2D eigenvalue weighted by Crippen LogP contribution is -2.67. The van der Waals surface area contributed by atoms with Gasteiger partial charge in [-0.05, 0) is 38.0 Å². The van der Waals surface area contributed by atoms with Crippen molar-refractivity contribution < 1.29 is 4.74 Å². The third-order valence-electron chi connectivity index (χ3n) is 5.35. The van der Waals surface area contributed by atoms with E-state index in [0.29, 0.717) is 23.5 Å². The molecule has 3 nitrogen and oxygen atoms in total. The maximum Gasteiger partial charge on any atom is 0.0618 e. The molecule has 0 aromatic heterocycles. The SMILES string of the molecule is CCCC(COC)N1CC(C)(C2CC2)NCC1C(C)C. The molecule has 1 aliphatic heterocycles. The van der Waals surface area contributed by atoms with Crippen LogP contribution in [0.2, 0.25) is 0 Å². The molecule has 118 valence electrons. The fourth-order valence-electron chi connectivity index (χ4n) is 3.89. The second kappa shape index (κ2) is 6.76. The predicted octanol–water partition coefficient (Wildman–Crippen LogP) is 2.90. The van der Waals surface area contributed by atoms with Gasteiger partial charge < -0.3 is 10.1 Å². The minimum Gasteiger partial charge on any atom is -0.383 e. The fraction of sp³-hybridized carbons (Fsp3) is 1.00. The predicted molar refractivity (Wildman–Crippen MR) is 85.0 cm³/mol. The maximum atomic E-state index is 5.52. The van der Waals surface area contributed by atoms with Crippen LogP contribution >= 0.6 is 0 Å². The van der Waals surface area contributed by atoms with Crippen molar-refractivity contribution in [3.63, 3.8) is 0 Å². The Hall–Kier alpha value is -0.120. The molecule has 1 saturated heterocycles. The number of methoxy groups -OCH3 is 1. The number of nitrogens with one attached hydrogen (secondary N) is 1. The summed E-state index contributed by atoms with van der Waals surface area (Å²) in [6.45, 7) is 12.6. The minimum absolute atomic E-state index is 0.325. The van der Waals surface area contributed by atoms with E-state index in [1.54, 1.807) is 0 Å². The fourth-order valence-corrected chi connectivity index (χ4v) is 3.89. The summed E-state index contributed by atoms with van der Waals surface area (Å²) in [6.07, 6.45) is 5.31. The molecule has 2 aliphatic rings. The Labute approximate surface area is 125 Å². The van der Waals surface area contributed by atoms with Gasteiger partial charge in [0, 0.05) is 37.8 Å². The Bertz CT molecular complexity index is 297. The third kappa shape index (κ3) is 3.55. The molecule has 3 heteroatoms. The number of ether oxygens (including phenoxy) is 1. The molecule has 0 spiro atoms. The van der Waals surface area contributed by atoms with Crippen LogP contribution in [0.25, 0.3) is 0 Å². The average Bonchev–Trinajstić information content (AvgIpc) is 3.22. The summed E-state index contributed by atoms with van der Waals surface area (Å²) < 4.78 is 5.52. The Balaban J connectivity index is 2.12. The lowest BCUT2D eigenvalue weighted by atomic mass is 9.86. The second-order valence-corrected chi connectivity index (χ2v) is 7.45. The van der Waals surface area contributed by atoms with Gasteiger partial charge in [-0.2, -0.15) is 0 Å². The normalized spacial score (nSPS) is 33.6. The summed E-state index contributed by atoms with van der Waals surface area (Å²) in [5.74, 6) is 1.59. The van der Waals surface area contributed by atoms with E-state index < -0.39 is 0 Å². The highest BCUT2D eigenvalue weighted by Gasteiger charge is 2.47. The van der Waals surface area contributed by atoms with Crippen molar-refractivity contribution in [2.24, 2.45) is 11.8 Å². The molecular formula is C17H34N2O. The lowest BCUT2D eigenvalue weighted by Gasteiger charge is -2.51. The van der Waals surface area contributed by atoms with Gasteiger partial charge in [-0.25, -0.2) is 0 Å². The minimum atomic E-state index is 0.325. The zero-order chi connectivity index (χ0) is 14.8. The monoisotopic (exact) mass is 282 g/mol. The molecule has 2 fully saturated rings. The first kappa shape index (κ1) is 16.3. The van der Waals surface area contributed by atoms with Crippen LogP contribution in [-0.2, 0) is 4.74 Å². The van der Waals surface area contributed by atoms with Crippen LogP contribution in [0, 0.1) is 11.8 Å². The van der Waals surface area contributed by atoms with Crippen molar-refractivity contribution in [1.29, 1.82) is 0 Å². The van der Waals surface area contributed by atoms with Gasteiger partial charge in [0.15, 0.2) is 0 Å². The smallest absolute Gasteiger partial charge is 0.0618 e. The van der Waals surface area contributed by atoms with Crippen molar-refractivity contribution in [3.8, 4) is 0 Å². The number of rotatable bonds is 7. The topological polar surface area (TPSA) is 24.5 Å². The summed E-state index contributed by atoms with van der Waals surface area (Å²) in [6, 6.07) is 1.23. The molecule has 3 unspecified atom stereocenters. The van der Waals surface area contributed by atoms with Crippen LogP contribution in [0.3, 0.4) is 0 Å². The molecule has 0 aromatic rings. The molecule has 1 aliphatic carbocycles. The van der Waals surface area contributed by atoms with Gasteiger partial charge in [-0.3, -0.25) is 4.90 Å². The van der Waals surface area contributed by atoms with E-state index in [-0.39, 0.29) is 0 Å². The van der Waals surface area contributed by atoms with E-state index in [1.807, 2.05) is 7.11 Å². The van der Waals surface area contributed by atoms with E-state index >= 15 is 0 Å². The first-order chi connectivity index (χ1) is 9.51. The quantitative estimate of drug-likeness (QED) is 0.777. The van der Waals surface area contributed by atoms with Crippen LogP contribution in [-0.4, -0.2) is 49.3 Å². The molecule has 0 radical (unpaired) electrons. The first-order valence-electron chi connectivity index (χ1n) is 8.51. The van der Waals surface area contributed by atoms with Crippen LogP contribution in [0.1, 0.15) is 53.4 Å². The van der Waals surface area contributed by atoms with Crippen molar-refractivity contribution >= 4 is 0 Å². The van der Waals surface area contributed by atoms with Crippen molar-refractivity contribution in [2.75, 3.05) is 26.8 Å². The van der Waals surface area contributed by atoms with Crippen LogP contribution < -0.4 is 5.32 Å². The van der Waals surface area contributed by atoms with Crippen LogP contribution in [0.15, 0.2) is 0 Å².